The van der Waals surface area contributed by atoms with Gasteiger partial charge in [0.1, 0.15) is 11.3 Å². The summed E-state index contributed by atoms with van der Waals surface area (Å²) in [5.74, 6) is -0.507. The first kappa shape index (κ1) is 14.2. The number of hydrogen-bond acceptors (Lipinski definition) is 4. The second-order valence-electron chi connectivity index (χ2n) is 4.31. The van der Waals surface area contributed by atoms with Gasteiger partial charge in [-0.25, -0.2) is 4.79 Å². The standard InChI is InChI=1S/C12H12BrNO4S/c13-8-2-1-7(5-9(8)15)10(16)14-12(11(17)18)3-4-19-6-12/h1-2,5,15H,3-4,6H2,(H,14,16)(H,17,18). The zero-order valence-electron chi connectivity index (χ0n) is 9.85. The van der Waals surface area contributed by atoms with Crippen molar-refractivity contribution in [3.8, 4) is 5.75 Å². The molecule has 0 saturated carbocycles. The molecular weight excluding hydrogens is 334 g/mol. The maximum atomic E-state index is 12.1. The highest BCUT2D eigenvalue weighted by Crippen LogP contribution is 2.29. The highest BCUT2D eigenvalue weighted by molar-refractivity contribution is 9.10. The molecule has 0 aromatic heterocycles. The summed E-state index contributed by atoms with van der Waals surface area (Å²) in [6.45, 7) is 0. The predicted molar refractivity (Wildman–Crippen MR) is 75.6 cm³/mol. The molecule has 0 bridgehead atoms. The van der Waals surface area contributed by atoms with Crippen molar-refractivity contribution < 1.29 is 19.8 Å². The molecule has 2 rings (SSSR count). The molecule has 0 spiro atoms. The molecule has 1 heterocycles. The molecule has 1 aliphatic heterocycles. The summed E-state index contributed by atoms with van der Waals surface area (Å²) in [6.07, 6.45) is 0.404. The highest BCUT2D eigenvalue weighted by Gasteiger charge is 2.43. The molecule has 19 heavy (non-hydrogen) atoms. The van der Waals surface area contributed by atoms with Crippen molar-refractivity contribution >= 4 is 39.6 Å². The maximum absolute atomic E-state index is 12.1. The van der Waals surface area contributed by atoms with Crippen molar-refractivity contribution in [1.29, 1.82) is 0 Å². The van der Waals surface area contributed by atoms with E-state index in [1.807, 2.05) is 0 Å². The predicted octanol–water partition coefficient (Wildman–Crippen LogP) is 1.84. The zero-order valence-corrected chi connectivity index (χ0v) is 12.3. The van der Waals surface area contributed by atoms with Crippen LogP contribution in [0.25, 0.3) is 0 Å². The SMILES string of the molecule is O=C(NC1(C(=O)O)CCSC1)c1ccc(Br)c(O)c1. The van der Waals surface area contributed by atoms with E-state index in [1.54, 1.807) is 6.07 Å². The van der Waals surface area contributed by atoms with Crippen molar-refractivity contribution in [3.05, 3.63) is 28.2 Å². The summed E-state index contributed by atoms with van der Waals surface area (Å²) >= 11 is 4.62. The van der Waals surface area contributed by atoms with E-state index in [0.29, 0.717) is 22.4 Å². The number of carboxylic acid groups (broad SMARTS) is 1. The Morgan fingerprint density at radius 1 is 1.42 bits per heavy atom. The first-order valence-corrected chi connectivity index (χ1v) is 7.51. The lowest BCUT2D eigenvalue weighted by Gasteiger charge is -2.24. The number of hydrogen-bond donors (Lipinski definition) is 3. The van der Waals surface area contributed by atoms with Crippen molar-refractivity contribution in [2.24, 2.45) is 0 Å². The number of halogens is 1. The Labute approximate surface area is 122 Å². The summed E-state index contributed by atoms with van der Waals surface area (Å²) in [4.78, 5) is 23.4. The van der Waals surface area contributed by atoms with Gasteiger partial charge in [-0.15, -0.1) is 0 Å². The van der Waals surface area contributed by atoms with Gasteiger partial charge in [0.05, 0.1) is 4.47 Å². The van der Waals surface area contributed by atoms with E-state index in [1.165, 1.54) is 23.9 Å². The molecule has 102 valence electrons. The van der Waals surface area contributed by atoms with Crippen molar-refractivity contribution in [1.82, 2.24) is 5.32 Å². The normalized spacial score (nSPS) is 22.2. The van der Waals surface area contributed by atoms with Gasteiger partial charge in [-0.1, -0.05) is 0 Å². The van der Waals surface area contributed by atoms with Crippen LogP contribution >= 0.6 is 27.7 Å². The molecule has 0 radical (unpaired) electrons. The van der Waals surface area contributed by atoms with Gasteiger partial charge in [0.2, 0.25) is 0 Å². The lowest BCUT2D eigenvalue weighted by Crippen LogP contribution is -2.54. The van der Waals surface area contributed by atoms with Crippen LogP contribution in [-0.4, -0.2) is 39.1 Å². The van der Waals surface area contributed by atoms with E-state index in [2.05, 4.69) is 21.2 Å². The van der Waals surface area contributed by atoms with Gasteiger partial charge < -0.3 is 15.5 Å². The molecule has 1 atom stereocenters. The molecule has 1 aliphatic rings. The van der Waals surface area contributed by atoms with Crippen molar-refractivity contribution in [2.45, 2.75) is 12.0 Å². The fourth-order valence-corrected chi connectivity index (χ4v) is 3.40. The molecule has 5 nitrogen and oxygen atoms in total. The average molecular weight is 346 g/mol. The number of carboxylic acids is 1. The number of aromatic hydroxyl groups is 1. The Balaban J connectivity index is 2.20. The molecular formula is C12H12BrNO4S. The summed E-state index contributed by atoms with van der Waals surface area (Å²) < 4.78 is 0.480. The number of rotatable bonds is 3. The number of thioether (sulfide) groups is 1. The Bertz CT molecular complexity index is 528. The van der Waals surface area contributed by atoms with E-state index in [9.17, 15) is 19.8 Å². The van der Waals surface area contributed by atoms with Crippen LogP contribution in [0.5, 0.6) is 5.75 Å². The number of aliphatic carboxylic acids is 1. The minimum absolute atomic E-state index is 0.0576. The van der Waals surface area contributed by atoms with Crippen LogP contribution in [-0.2, 0) is 4.79 Å². The van der Waals surface area contributed by atoms with Crippen LogP contribution in [0.15, 0.2) is 22.7 Å². The molecule has 1 unspecified atom stereocenters. The first-order chi connectivity index (χ1) is 8.94. The summed E-state index contributed by atoms with van der Waals surface area (Å²) in [6, 6.07) is 4.37. The van der Waals surface area contributed by atoms with Crippen LogP contribution in [0, 0.1) is 0 Å². The average Bonchev–Trinajstić information content (AvgIpc) is 2.82. The largest absolute Gasteiger partial charge is 0.507 e. The Kier molecular flexibility index (Phi) is 4.05. The molecule has 1 aromatic rings. The molecule has 1 saturated heterocycles. The van der Waals surface area contributed by atoms with Gasteiger partial charge in [-0.3, -0.25) is 4.79 Å². The number of amides is 1. The molecule has 0 aliphatic carbocycles. The van der Waals surface area contributed by atoms with E-state index in [4.69, 9.17) is 0 Å². The van der Waals surface area contributed by atoms with E-state index in [0.717, 1.165) is 0 Å². The van der Waals surface area contributed by atoms with Gasteiger partial charge in [0, 0.05) is 11.3 Å². The summed E-state index contributed by atoms with van der Waals surface area (Å²) in [5, 5.41) is 21.4. The number of phenolic OH excluding ortho intramolecular Hbond substituents is 1. The second-order valence-corrected chi connectivity index (χ2v) is 6.27. The Morgan fingerprint density at radius 2 is 2.16 bits per heavy atom. The smallest absolute Gasteiger partial charge is 0.330 e. The number of phenols is 1. The van der Waals surface area contributed by atoms with E-state index in [-0.39, 0.29) is 11.3 Å². The molecule has 1 amide bonds. The number of benzene rings is 1. The molecule has 1 aromatic carbocycles. The minimum Gasteiger partial charge on any atom is -0.507 e. The molecule has 1 fully saturated rings. The molecule has 3 N–H and O–H groups in total. The van der Waals surface area contributed by atoms with E-state index < -0.39 is 17.4 Å². The van der Waals surface area contributed by atoms with Crippen LogP contribution in [0.3, 0.4) is 0 Å². The zero-order chi connectivity index (χ0) is 14.0. The van der Waals surface area contributed by atoms with Crippen LogP contribution in [0.2, 0.25) is 0 Å². The van der Waals surface area contributed by atoms with Gasteiger partial charge >= 0.3 is 5.97 Å². The highest BCUT2D eigenvalue weighted by atomic mass is 79.9. The first-order valence-electron chi connectivity index (χ1n) is 5.57. The minimum atomic E-state index is -1.20. The number of carbonyl (C=O) groups excluding carboxylic acids is 1. The van der Waals surface area contributed by atoms with E-state index >= 15 is 0 Å². The monoisotopic (exact) mass is 345 g/mol. The quantitative estimate of drug-likeness (QED) is 0.778. The third-order valence-electron chi connectivity index (χ3n) is 2.99. The Morgan fingerprint density at radius 3 is 2.68 bits per heavy atom. The Hall–Kier alpha value is -1.21. The number of nitrogens with one attached hydrogen (secondary N) is 1. The van der Waals surface area contributed by atoms with Gasteiger partial charge in [0.25, 0.3) is 5.91 Å². The fourth-order valence-electron chi connectivity index (χ4n) is 1.83. The topological polar surface area (TPSA) is 86.6 Å². The van der Waals surface area contributed by atoms with Crippen LogP contribution in [0.4, 0.5) is 0 Å². The van der Waals surface area contributed by atoms with Crippen molar-refractivity contribution in [3.63, 3.8) is 0 Å². The summed E-state index contributed by atoms with van der Waals surface area (Å²) in [7, 11) is 0. The lowest BCUT2D eigenvalue weighted by molar-refractivity contribution is -0.143. The van der Waals surface area contributed by atoms with Crippen LogP contribution < -0.4 is 5.32 Å². The van der Waals surface area contributed by atoms with Gasteiger partial charge in [0.15, 0.2) is 0 Å². The van der Waals surface area contributed by atoms with Crippen LogP contribution in [0.1, 0.15) is 16.8 Å². The number of carbonyl (C=O) groups is 2. The van der Waals surface area contributed by atoms with Gasteiger partial charge in [-0.05, 0) is 46.3 Å². The third-order valence-corrected chi connectivity index (χ3v) is 4.85. The fraction of sp³-hybridized carbons (Fsp3) is 0.333. The summed E-state index contributed by atoms with van der Waals surface area (Å²) in [5.41, 5.74) is -0.969. The third kappa shape index (κ3) is 2.87. The molecule has 7 heteroatoms. The van der Waals surface area contributed by atoms with Crippen molar-refractivity contribution in [2.75, 3.05) is 11.5 Å². The lowest BCUT2D eigenvalue weighted by atomic mass is 9.98. The van der Waals surface area contributed by atoms with Gasteiger partial charge in [-0.2, -0.15) is 11.8 Å². The maximum Gasteiger partial charge on any atom is 0.330 e. The second kappa shape index (κ2) is 5.42.